The first-order chi connectivity index (χ1) is 10.4. The average molecular weight is 296 g/mol. The Balaban J connectivity index is 1.72. The minimum atomic E-state index is 0.434. The fraction of sp³-hybridized carbons (Fsp3) is 0.278. The lowest BCUT2D eigenvalue weighted by Gasteiger charge is -2.16. The first kappa shape index (κ1) is 14.2. The molecule has 0 fully saturated rings. The van der Waals surface area contributed by atoms with Crippen LogP contribution in [0, 0.1) is 0 Å². The standard InChI is InChI=1S/C18H20N2S/c1-2-6-17(18-9-5-12-21-18)19-13-15-11-10-14-7-3-4-8-16(14)20-15/h3-5,7-12,17,19H,2,6,13H2,1H3. The summed E-state index contributed by atoms with van der Waals surface area (Å²) in [5, 5.41) is 7.00. The summed E-state index contributed by atoms with van der Waals surface area (Å²) >= 11 is 1.83. The number of nitrogens with zero attached hydrogens (tertiary/aromatic N) is 1. The van der Waals surface area contributed by atoms with Crippen LogP contribution in [-0.4, -0.2) is 4.98 Å². The van der Waals surface area contributed by atoms with Crippen molar-refractivity contribution in [1.82, 2.24) is 10.3 Å². The van der Waals surface area contributed by atoms with Crippen LogP contribution in [0.5, 0.6) is 0 Å². The monoisotopic (exact) mass is 296 g/mol. The SMILES string of the molecule is CCCC(NCc1ccc2ccccc2n1)c1cccs1. The molecule has 3 heteroatoms. The highest BCUT2D eigenvalue weighted by Gasteiger charge is 2.11. The van der Waals surface area contributed by atoms with Gasteiger partial charge in [0, 0.05) is 22.8 Å². The number of aromatic nitrogens is 1. The van der Waals surface area contributed by atoms with Crippen LogP contribution >= 0.6 is 11.3 Å². The van der Waals surface area contributed by atoms with Gasteiger partial charge in [-0.05, 0) is 30.0 Å². The summed E-state index contributed by atoms with van der Waals surface area (Å²) in [7, 11) is 0. The minimum Gasteiger partial charge on any atom is -0.304 e. The summed E-state index contributed by atoms with van der Waals surface area (Å²) in [6.45, 7) is 3.05. The van der Waals surface area contributed by atoms with E-state index in [-0.39, 0.29) is 0 Å². The van der Waals surface area contributed by atoms with E-state index in [1.165, 1.54) is 16.7 Å². The molecule has 0 bridgehead atoms. The molecule has 2 aromatic heterocycles. The van der Waals surface area contributed by atoms with E-state index in [0.717, 1.165) is 24.2 Å². The van der Waals surface area contributed by atoms with Crippen LogP contribution in [0.3, 0.4) is 0 Å². The van der Waals surface area contributed by atoms with Gasteiger partial charge in [-0.1, -0.05) is 43.7 Å². The molecular weight excluding hydrogens is 276 g/mol. The summed E-state index contributed by atoms with van der Waals surface area (Å²) in [4.78, 5) is 6.14. The number of fused-ring (bicyclic) bond motifs is 1. The molecule has 0 aliphatic carbocycles. The van der Waals surface area contributed by atoms with Gasteiger partial charge in [0.15, 0.2) is 0 Å². The van der Waals surface area contributed by atoms with Gasteiger partial charge in [0.1, 0.15) is 0 Å². The van der Waals surface area contributed by atoms with Gasteiger partial charge in [-0.25, -0.2) is 0 Å². The topological polar surface area (TPSA) is 24.9 Å². The zero-order valence-corrected chi connectivity index (χ0v) is 13.1. The van der Waals surface area contributed by atoms with E-state index in [1.807, 2.05) is 17.4 Å². The fourth-order valence-electron chi connectivity index (χ4n) is 2.56. The van der Waals surface area contributed by atoms with Gasteiger partial charge >= 0.3 is 0 Å². The molecule has 3 aromatic rings. The van der Waals surface area contributed by atoms with Crippen molar-refractivity contribution in [2.45, 2.75) is 32.4 Å². The Kier molecular flexibility index (Phi) is 4.63. The maximum absolute atomic E-state index is 4.73. The molecule has 1 aromatic carbocycles. The second kappa shape index (κ2) is 6.83. The van der Waals surface area contributed by atoms with E-state index in [9.17, 15) is 0 Å². The van der Waals surface area contributed by atoms with Gasteiger partial charge in [0.05, 0.1) is 11.2 Å². The normalized spacial score (nSPS) is 12.6. The van der Waals surface area contributed by atoms with Crippen molar-refractivity contribution in [3.05, 3.63) is 64.5 Å². The lowest BCUT2D eigenvalue weighted by molar-refractivity contribution is 0.497. The lowest BCUT2D eigenvalue weighted by Crippen LogP contribution is -2.20. The molecule has 1 N–H and O–H groups in total. The van der Waals surface area contributed by atoms with E-state index in [2.05, 4.69) is 60.1 Å². The van der Waals surface area contributed by atoms with Crippen molar-refractivity contribution in [2.24, 2.45) is 0 Å². The summed E-state index contributed by atoms with van der Waals surface area (Å²) in [5.41, 5.74) is 2.17. The van der Waals surface area contributed by atoms with Gasteiger partial charge in [0.2, 0.25) is 0 Å². The third-order valence-electron chi connectivity index (χ3n) is 3.65. The molecule has 1 unspecified atom stereocenters. The van der Waals surface area contributed by atoms with E-state index < -0.39 is 0 Å². The Morgan fingerprint density at radius 2 is 2.00 bits per heavy atom. The molecule has 1 atom stereocenters. The highest BCUT2D eigenvalue weighted by Crippen LogP contribution is 2.23. The van der Waals surface area contributed by atoms with Gasteiger partial charge < -0.3 is 5.32 Å². The maximum atomic E-state index is 4.73. The second-order valence-electron chi connectivity index (χ2n) is 5.23. The predicted molar refractivity (Wildman–Crippen MR) is 90.6 cm³/mol. The molecular formula is C18H20N2S. The first-order valence-electron chi connectivity index (χ1n) is 7.48. The van der Waals surface area contributed by atoms with Crippen molar-refractivity contribution in [2.75, 3.05) is 0 Å². The summed E-state index contributed by atoms with van der Waals surface area (Å²) < 4.78 is 0. The Morgan fingerprint density at radius 1 is 1.10 bits per heavy atom. The summed E-state index contributed by atoms with van der Waals surface area (Å²) in [6.07, 6.45) is 2.34. The van der Waals surface area contributed by atoms with Crippen LogP contribution in [0.25, 0.3) is 10.9 Å². The number of hydrogen-bond acceptors (Lipinski definition) is 3. The average Bonchev–Trinajstić information content (AvgIpc) is 3.05. The van der Waals surface area contributed by atoms with Crippen molar-refractivity contribution in [3.8, 4) is 0 Å². The van der Waals surface area contributed by atoms with Crippen LogP contribution < -0.4 is 5.32 Å². The van der Waals surface area contributed by atoms with Gasteiger partial charge in [0.25, 0.3) is 0 Å². The molecule has 0 radical (unpaired) electrons. The van der Waals surface area contributed by atoms with E-state index >= 15 is 0 Å². The smallest absolute Gasteiger partial charge is 0.0705 e. The van der Waals surface area contributed by atoms with Crippen molar-refractivity contribution >= 4 is 22.2 Å². The van der Waals surface area contributed by atoms with Crippen LogP contribution in [0.2, 0.25) is 0 Å². The lowest BCUT2D eigenvalue weighted by atomic mass is 10.1. The molecule has 21 heavy (non-hydrogen) atoms. The number of benzene rings is 1. The third kappa shape index (κ3) is 3.49. The Hall–Kier alpha value is -1.71. The summed E-state index contributed by atoms with van der Waals surface area (Å²) in [5.74, 6) is 0. The fourth-order valence-corrected chi connectivity index (χ4v) is 3.39. The van der Waals surface area contributed by atoms with Gasteiger partial charge in [-0.2, -0.15) is 0 Å². The molecule has 0 aliphatic rings. The number of rotatable bonds is 6. The Morgan fingerprint density at radius 3 is 2.81 bits per heavy atom. The van der Waals surface area contributed by atoms with Crippen LogP contribution in [0.1, 0.15) is 36.4 Å². The molecule has 3 rings (SSSR count). The molecule has 0 saturated heterocycles. The summed E-state index contributed by atoms with van der Waals surface area (Å²) in [6, 6.07) is 17.3. The zero-order valence-electron chi connectivity index (χ0n) is 12.3. The minimum absolute atomic E-state index is 0.434. The van der Waals surface area contributed by atoms with Gasteiger partial charge in [-0.3, -0.25) is 4.98 Å². The Bertz CT molecular complexity index is 691. The first-order valence-corrected chi connectivity index (χ1v) is 8.36. The predicted octanol–water partition coefficient (Wildman–Crippen LogP) is 4.93. The molecule has 108 valence electrons. The van der Waals surface area contributed by atoms with E-state index in [0.29, 0.717) is 6.04 Å². The number of hydrogen-bond donors (Lipinski definition) is 1. The van der Waals surface area contributed by atoms with Gasteiger partial charge in [-0.15, -0.1) is 11.3 Å². The molecule has 0 saturated carbocycles. The molecule has 0 spiro atoms. The quantitative estimate of drug-likeness (QED) is 0.698. The number of para-hydroxylation sites is 1. The largest absolute Gasteiger partial charge is 0.304 e. The molecule has 2 heterocycles. The van der Waals surface area contributed by atoms with Crippen LogP contribution in [0.15, 0.2) is 53.9 Å². The second-order valence-corrected chi connectivity index (χ2v) is 6.21. The number of pyridine rings is 1. The highest BCUT2D eigenvalue weighted by atomic mass is 32.1. The number of thiophene rings is 1. The highest BCUT2D eigenvalue weighted by molar-refractivity contribution is 7.10. The van der Waals surface area contributed by atoms with Crippen molar-refractivity contribution < 1.29 is 0 Å². The third-order valence-corrected chi connectivity index (χ3v) is 4.64. The van der Waals surface area contributed by atoms with Crippen LogP contribution in [-0.2, 0) is 6.54 Å². The zero-order chi connectivity index (χ0) is 14.5. The van der Waals surface area contributed by atoms with Crippen molar-refractivity contribution in [3.63, 3.8) is 0 Å². The molecule has 0 aliphatic heterocycles. The maximum Gasteiger partial charge on any atom is 0.0705 e. The molecule has 0 amide bonds. The molecule has 2 nitrogen and oxygen atoms in total. The number of nitrogens with one attached hydrogen (secondary N) is 1. The Labute approximate surface area is 129 Å². The van der Waals surface area contributed by atoms with Crippen molar-refractivity contribution in [1.29, 1.82) is 0 Å². The van der Waals surface area contributed by atoms with E-state index in [1.54, 1.807) is 0 Å². The van der Waals surface area contributed by atoms with Crippen LogP contribution in [0.4, 0.5) is 0 Å². The van der Waals surface area contributed by atoms with E-state index in [4.69, 9.17) is 4.98 Å².